The molecular weight excluding hydrogens is 278 g/mol. The minimum atomic E-state index is -1.35. The number of nitrogens with one attached hydrogen (secondary N) is 1. The predicted octanol–water partition coefficient (Wildman–Crippen LogP) is 1.14. The Bertz CT molecular complexity index is 542. The van der Waals surface area contributed by atoms with E-state index in [9.17, 15) is 13.8 Å². The van der Waals surface area contributed by atoms with Gasteiger partial charge in [-0.25, -0.2) is 4.79 Å². The van der Waals surface area contributed by atoms with E-state index in [4.69, 9.17) is 5.11 Å². The molecule has 0 spiro atoms. The maximum Gasteiger partial charge on any atom is 0.327 e. The van der Waals surface area contributed by atoms with E-state index < -0.39 is 28.7 Å². The Hall–Kier alpha value is -1.69. The zero-order chi connectivity index (χ0) is 15.3. The fourth-order valence-electron chi connectivity index (χ4n) is 1.74. The number of aliphatic carboxylic acids is 1. The van der Waals surface area contributed by atoms with Gasteiger partial charge in [0.2, 0.25) is 5.91 Å². The van der Waals surface area contributed by atoms with Gasteiger partial charge < -0.3 is 10.4 Å². The van der Waals surface area contributed by atoms with Gasteiger partial charge in [0.25, 0.3) is 0 Å². The number of hydrogen-bond acceptors (Lipinski definition) is 3. The van der Waals surface area contributed by atoms with Crippen LogP contribution in [0.3, 0.4) is 0 Å². The second-order valence-corrected chi connectivity index (χ2v) is 6.26. The Kier molecular flexibility index (Phi) is 5.88. The summed E-state index contributed by atoms with van der Waals surface area (Å²) < 4.78 is 12.0. The highest BCUT2D eigenvalue weighted by Crippen LogP contribution is 2.12. The summed E-state index contributed by atoms with van der Waals surface area (Å²) in [6.07, 6.45) is 0. The van der Waals surface area contributed by atoms with Crippen molar-refractivity contribution in [1.82, 2.24) is 5.32 Å². The normalized spacial score (nSPS) is 13.6. The molecular formula is C14H19NO4S. The average molecular weight is 297 g/mol. The lowest BCUT2D eigenvalue weighted by Crippen LogP contribution is -2.43. The topological polar surface area (TPSA) is 83.5 Å². The summed E-state index contributed by atoms with van der Waals surface area (Å²) >= 11 is 0. The number of rotatable bonds is 6. The van der Waals surface area contributed by atoms with Crippen molar-refractivity contribution in [2.75, 3.05) is 5.75 Å². The Labute approximate surface area is 120 Å². The first-order chi connectivity index (χ1) is 9.29. The van der Waals surface area contributed by atoms with Crippen LogP contribution in [-0.4, -0.2) is 33.0 Å². The Balaban J connectivity index is 2.67. The van der Waals surface area contributed by atoms with Crippen LogP contribution in [0, 0.1) is 13.8 Å². The molecule has 0 aliphatic rings. The van der Waals surface area contributed by atoms with Gasteiger partial charge in [0, 0.05) is 23.5 Å². The number of carboxylic acids is 1. The van der Waals surface area contributed by atoms with Crippen LogP contribution >= 0.6 is 0 Å². The number of carbonyl (C=O) groups is 2. The van der Waals surface area contributed by atoms with Gasteiger partial charge in [-0.15, -0.1) is 0 Å². The van der Waals surface area contributed by atoms with E-state index in [1.165, 1.54) is 6.92 Å². The average Bonchev–Trinajstić information content (AvgIpc) is 2.32. The molecule has 2 unspecified atom stereocenters. The minimum Gasteiger partial charge on any atom is -0.480 e. The molecule has 1 aromatic carbocycles. The van der Waals surface area contributed by atoms with Crippen LogP contribution in [0.15, 0.2) is 18.2 Å². The second kappa shape index (κ2) is 7.19. The minimum absolute atomic E-state index is 0.0954. The van der Waals surface area contributed by atoms with Crippen LogP contribution in [-0.2, 0) is 26.1 Å². The monoisotopic (exact) mass is 297 g/mol. The van der Waals surface area contributed by atoms with E-state index in [2.05, 4.69) is 5.32 Å². The highest BCUT2D eigenvalue weighted by atomic mass is 32.2. The second-order valence-electron chi connectivity index (χ2n) is 4.76. The number of benzene rings is 1. The molecule has 2 atom stereocenters. The van der Waals surface area contributed by atoms with Gasteiger partial charge in [-0.2, -0.15) is 0 Å². The number of carboxylic acid groups (broad SMARTS) is 1. The highest BCUT2D eigenvalue weighted by Gasteiger charge is 2.21. The molecule has 0 heterocycles. The van der Waals surface area contributed by atoms with Gasteiger partial charge in [0.15, 0.2) is 0 Å². The molecule has 0 fully saturated rings. The van der Waals surface area contributed by atoms with Crippen molar-refractivity contribution in [3.8, 4) is 0 Å². The van der Waals surface area contributed by atoms with Gasteiger partial charge in [0.05, 0.1) is 5.75 Å². The van der Waals surface area contributed by atoms with Gasteiger partial charge in [0.1, 0.15) is 6.04 Å². The van der Waals surface area contributed by atoms with E-state index in [0.29, 0.717) is 0 Å². The van der Waals surface area contributed by atoms with Crippen LogP contribution in [0.1, 0.15) is 23.6 Å². The van der Waals surface area contributed by atoms with Crippen LogP contribution < -0.4 is 5.32 Å². The maximum absolute atomic E-state index is 12.0. The molecule has 0 aliphatic heterocycles. The van der Waals surface area contributed by atoms with E-state index >= 15 is 0 Å². The molecule has 0 aromatic heterocycles. The molecule has 2 N–H and O–H groups in total. The first kappa shape index (κ1) is 16.4. The molecule has 1 aromatic rings. The predicted molar refractivity (Wildman–Crippen MR) is 77.9 cm³/mol. The Morgan fingerprint density at radius 1 is 1.30 bits per heavy atom. The summed E-state index contributed by atoms with van der Waals surface area (Å²) in [4.78, 5) is 21.9. The summed E-state index contributed by atoms with van der Waals surface area (Å²) in [6.45, 7) is 5.20. The van der Waals surface area contributed by atoms with Crippen LogP contribution in [0.2, 0.25) is 0 Å². The molecule has 0 saturated carbocycles. The first-order valence-corrected chi connectivity index (χ1v) is 7.69. The van der Waals surface area contributed by atoms with E-state index in [0.717, 1.165) is 16.7 Å². The molecule has 1 amide bonds. The van der Waals surface area contributed by atoms with Crippen molar-refractivity contribution in [2.45, 2.75) is 32.6 Å². The number of carbonyl (C=O) groups excluding carboxylic acids is 1. The number of hydrogen-bond donors (Lipinski definition) is 2. The van der Waals surface area contributed by atoms with Gasteiger partial charge in [-0.05, 0) is 30.5 Å². The van der Waals surface area contributed by atoms with Gasteiger partial charge in [-0.1, -0.05) is 18.2 Å². The van der Waals surface area contributed by atoms with E-state index in [-0.39, 0.29) is 11.5 Å². The van der Waals surface area contributed by atoms with Crippen molar-refractivity contribution >= 4 is 22.7 Å². The molecule has 0 bridgehead atoms. The summed E-state index contributed by atoms with van der Waals surface area (Å²) in [7, 11) is -1.35. The number of amides is 1. The van der Waals surface area contributed by atoms with Crippen LogP contribution in [0.4, 0.5) is 0 Å². The van der Waals surface area contributed by atoms with E-state index in [1.54, 1.807) is 0 Å². The summed E-state index contributed by atoms with van der Waals surface area (Å²) in [5, 5.41) is 11.3. The van der Waals surface area contributed by atoms with Crippen molar-refractivity contribution in [1.29, 1.82) is 0 Å². The Morgan fingerprint density at radius 2 is 1.95 bits per heavy atom. The van der Waals surface area contributed by atoms with Gasteiger partial charge in [-0.3, -0.25) is 9.00 Å². The fraction of sp³-hybridized carbons (Fsp3) is 0.429. The van der Waals surface area contributed by atoms with Crippen LogP contribution in [0.25, 0.3) is 0 Å². The zero-order valence-corrected chi connectivity index (χ0v) is 12.6. The molecule has 0 saturated heterocycles. The molecule has 6 heteroatoms. The van der Waals surface area contributed by atoms with Crippen molar-refractivity contribution in [3.63, 3.8) is 0 Å². The lowest BCUT2D eigenvalue weighted by atomic mass is 10.1. The molecule has 5 nitrogen and oxygen atoms in total. The van der Waals surface area contributed by atoms with Crippen molar-refractivity contribution in [3.05, 3.63) is 34.9 Å². The van der Waals surface area contributed by atoms with Gasteiger partial charge >= 0.3 is 5.97 Å². The fourth-order valence-corrected chi connectivity index (χ4v) is 3.01. The number of aryl methyl sites for hydroxylation is 2. The third-order valence-electron chi connectivity index (χ3n) is 2.93. The van der Waals surface area contributed by atoms with Crippen LogP contribution in [0.5, 0.6) is 0 Å². The standard InChI is InChI=1S/C14H19NO4S/c1-9-4-5-12(6-10(9)2)7-20(19)8-13(14(17)18)15-11(3)16/h4-6,13H,7-8H2,1-3H3,(H,15,16)(H,17,18). The van der Waals surface area contributed by atoms with Crippen molar-refractivity contribution < 1.29 is 18.9 Å². The molecule has 20 heavy (non-hydrogen) atoms. The third-order valence-corrected chi connectivity index (χ3v) is 4.29. The zero-order valence-electron chi connectivity index (χ0n) is 11.8. The lowest BCUT2D eigenvalue weighted by molar-refractivity contribution is -0.140. The maximum atomic E-state index is 12.0. The van der Waals surface area contributed by atoms with E-state index in [1.807, 2.05) is 32.0 Å². The highest BCUT2D eigenvalue weighted by molar-refractivity contribution is 7.84. The smallest absolute Gasteiger partial charge is 0.327 e. The Morgan fingerprint density at radius 3 is 2.45 bits per heavy atom. The van der Waals surface area contributed by atoms with Crippen molar-refractivity contribution in [2.24, 2.45) is 0 Å². The summed E-state index contributed by atoms with van der Waals surface area (Å²) in [5.41, 5.74) is 3.16. The SMILES string of the molecule is CC(=O)NC(CS(=O)Cc1ccc(C)c(C)c1)C(=O)O. The summed E-state index contributed by atoms with van der Waals surface area (Å²) in [5.74, 6) is -1.43. The summed E-state index contributed by atoms with van der Waals surface area (Å²) in [6, 6.07) is 4.67. The lowest BCUT2D eigenvalue weighted by Gasteiger charge is -2.13. The largest absolute Gasteiger partial charge is 0.480 e. The molecule has 0 aliphatic carbocycles. The first-order valence-electron chi connectivity index (χ1n) is 6.20. The quantitative estimate of drug-likeness (QED) is 0.825. The molecule has 0 radical (unpaired) electrons. The molecule has 1 rings (SSSR count). The molecule has 110 valence electrons. The third kappa shape index (κ3) is 5.13.